The minimum absolute atomic E-state index is 0.279. The van der Waals surface area contributed by atoms with E-state index in [1.165, 1.54) is 6.42 Å². The van der Waals surface area contributed by atoms with Gasteiger partial charge in [0.1, 0.15) is 0 Å². The van der Waals surface area contributed by atoms with Gasteiger partial charge in [0.15, 0.2) is 0 Å². The van der Waals surface area contributed by atoms with Crippen LogP contribution in [0.4, 0.5) is 0 Å². The molecule has 0 saturated carbocycles. The van der Waals surface area contributed by atoms with Crippen LogP contribution in [0.1, 0.15) is 40.5 Å². The van der Waals surface area contributed by atoms with Crippen LogP contribution in [0.25, 0.3) is 0 Å². The second-order valence-electron chi connectivity index (χ2n) is 3.67. The average molecular weight is 224 g/mol. The summed E-state index contributed by atoms with van der Waals surface area (Å²) in [6.45, 7) is 12.7. The summed E-state index contributed by atoms with van der Waals surface area (Å²) in [6, 6.07) is 0.279. The first-order chi connectivity index (χ1) is 7.59. The molecule has 0 aromatic rings. The molecule has 0 aromatic heterocycles. The molecular formula is C12H24N4. The van der Waals surface area contributed by atoms with Gasteiger partial charge in [-0.1, -0.05) is 20.4 Å². The van der Waals surface area contributed by atoms with E-state index in [2.05, 4.69) is 21.9 Å². The van der Waals surface area contributed by atoms with E-state index in [1.807, 2.05) is 27.7 Å². The van der Waals surface area contributed by atoms with Crippen molar-refractivity contribution in [1.82, 2.24) is 5.32 Å². The summed E-state index contributed by atoms with van der Waals surface area (Å²) in [5.74, 6) is 0.295. The van der Waals surface area contributed by atoms with Crippen molar-refractivity contribution >= 4 is 11.7 Å². The van der Waals surface area contributed by atoms with E-state index in [0.717, 1.165) is 24.4 Å². The Morgan fingerprint density at radius 2 is 1.94 bits per heavy atom. The van der Waals surface area contributed by atoms with E-state index in [4.69, 9.17) is 5.73 Å². The van der Waals surface area contributed by atoms with Gasteiger partial charge in [0.25, 0.3) is 0 Å². The lowest BCUT2D eigenvalue weighted by molar-refractivity contribution is 0.685. The molecule has 4 heteroatoms. The molecule has 0 aromatic carbocycles. The van der Waals surface area contributed by atoms with Crippen LogP contribution in [0.3, 0.4) is 0 Å². The molecule has 0 aliphatic carbocycles. The summed E-state index contributed by atoms with van der Waals surface area (Å²) in [5, 5.41) is 3.30. The number of hydrogen-bond donors (Lipinski definition) is 2. The van der Waals surface area contributed by atoms with Gasteiger partial charge in [0.2, 0.25) is 5.96 Å². The van der Waals surface area contributed by atoms with Gasteiger partial charge in [-0.3, -0.25) is 0 Å². The summed E-state index contributed by atoms with van der Waals surface area (Å²) in [5.41, 5.74) is 7.30. The van der Waals surface area contributed by atoms with E-state index in [-0.39, 0.29) is 6.04 Å². The summed E-state index contributed by atoms with van der Waals surface area (Å²) in [6.07, 6.45) is 2.26. The molecule has 0 bridgehead atoms. The van der Waals surface area contributed by atoms with Crippen LogP contribution in [0.5, 0.6) is 0 Å². The first-order valence-corrected chi connectivity index (χ1v) is 5.88. The van der Waals surface area contributed by atoms with E-state index >= 15 is 0 Å². The fourth-order valence-corrected chi connectivity index (χ4v) is 1.45. The number of aliphatic imine (C=N–C) groups is 2. The van der Waals surface area contributed by atoms with Crippen molar-refractivity contribution in [2.24, 2.45) is 15.7 Å². The zero-order valence-electron chi connectivity index (χ0n) is 10.9. The molecule has 0 spiro atoms. The van der Waals surface area contributed by atoms with E-state index in [9.17, 15) is 0 Å². The zero-order chi connectivity index (χ0) is 12.6. The number of nitrogens with two attached hydrogens (primary N) is 1. The van der Waals surface area contributed by atoms with Crippen LogP contribution in [0.2, 0.25) is 0 Å². The largest absolute Gasteiger partial charge is 0.368 e. The first kappa shape index (κ1) is 14.8. The summed E-state index contributed by atoms with van der Waals surface area (Å²) in [7, 11) is 0. The predicted molar refractivity (Wildman–Crippen MR) is 71.9 cm³/mol. The lowest BCUT2D eigenvalue weighted by Crippen LogP contribution is -2.23. The minimum Gasteiger partial charge on any atom is -0.368 e. The van der Waals surface area contributed by atoms with Crippen molar-refractivity contribution < 1.29 is 0 Å². The van der Waals surface area contributed by atoms with Gasteiger partial charge in [-0.05, 0) is 33.2 Å². The number of guanidine groups is 1. The fraction of sp³-hybridized carbons (Fsp3) is 0.667. The highest BCUT2D eigenvalue weighted by atomic mass is 15.1. The second-order valence-corrected chi connectivity index (χ2v) is 3.67. The number of hydrogen-bond acceptors (Lipinski definition) is 2. The van der Waals surface area contributed by atoms with Gasteiger partial charge in [-0.15, -0.1) is 0 Å². The van der Waals surface area contributed by atoms with Crippen molar-refractivity contribution in [2.75, 3.05) is 6.54 Å². The van der Waals surface area contributed by atoms with E-state index < -0.39 is 0 Å². The molecule has 16 heavy (non-hydrogen) atoms. The third-order valence-corrected chi connectivity index (χ3v) is 2.06. The Labute approximate surface area is 98.7 Å². The highest BCUT2D eigenvalue weighted by Gasteiger charge is 2.16. The average Bonchev–Trinajstić information content (AvgIpc) is 2.72. The van der Waals surface area contributed by atoms with Gasteiger partial charge < -0.3 is 11.1 Å². The Bertz CT molecular complexity index is 269. The number of nitrogens with one attached hydrogen (secondary N) is 1. The third-order valence-electron chi connectivity index (χ3n) is 2.06. The van der Waals surface area contributed by atoms with Gasteiger partial charge in [0, 0.05) is 11.8 Å². The number of nitrogens with zero attached hydrogens (tertiary/aromatic N) is 2. The van der Waals surface area contributed by atoms with Crippen LogP contribution in [-0.4, -0.2) is 24.3 Å². The molecule has 1 rings (SSSR count). The Morgan fingerprint density at radius 1 is 1.31 bits per heavy atom. The van der Waals surface area contributed by atoms with Gasteiger partial charge in [0.05, 0.1) is 5.70 Å². The molecule has 1 unspecified atom stereocenters. The summed E-state index contributed by atoms with van der Waals surface area (Å²) in [4.78, 5) is 8.19. The van der Waals surface area contributed by atoms with Gasteiger partial charge in [-0.25, -0.2) is 9.98 Å². The van der Waals surface area contributed by atoms with Crippen LogP contribution in [0, 0.1) is 0 Å². The maximum atomic E-state index is 5.62. The van der Waals surface area contributed by atoms with Gasteiger partial charge >= 0.3 is 0 Å². The standard InChI is InChI=1S/C10H18N4.C2H6/c1-7(2)13-10(11)14-8(3)9-5-4-6-12-9;1-2/h9,12H,3-6H2,1-2H3,(H2,11,14);1-2H3. The smallest absolute Gasteiger partial charge is 0.220 e. The Kier molecular flexibility index (Phi) is 7.46. The summed E-state index contributed by atoms with van der Waals surface area (Å²) < 4.78 is 0. The van der Waals surface area contributed by atoms with Crippen LogP contribution in [-0.2, 0) is 0 Å². The predicted octanol–water partition coefficient (Wildman–Crippen LogP) is 2.07. The molecule has 1 aliphatic rings. The lowest BCUT2D eigenvalue weighted by Gasteiger charge is -2.08. The quantitative estimate of drug-likeness (QED) is 0.557. The monoisotopic (exact) mass is 224 g/mol. The second kappa shape index (κ2) is 8.05. The third kappa shape index (κ3) is 5.66. The molecule has 0 radical (unpaired) electrons. The normalized spacial score (nSPS) is 19.8. The molecule has 1 heterocycles. The zero-order valence-corrected chi connectivity index (χ0v) is 10.9. The topological polar surface area (TPSA) is 62.8 Å². The van der Waals surface area contributed by atoms with Crippen molar-refractivity contribution in [3.63, 3.8) is 0 Å². The molecule has 1 aliphatic heterocycles. The maximum absolute atomic E-state index is 5.62. The Hall–Kier alpha value is -1.16. The van der Waals surface area contributed by atoms with Crippen LogP contribution in [0.15, 0.2) is 22.3 Å². The van der Waals surface area contributed by atoms with Crippen LogP contribution < -0.4 is 11.1 Å². The molecule has 0 amide bonds. The molecule has 4 nitrogen and oxygen atoms in total. The Balaban J connectivity index is 0.00000106. The van der Waals surface area contributed by atoms with Crippen LogP contribution >= 0.6 is 0 Å². The molecule has 3 N–H and O–H groups in total. The molecule has 1 saturated heterocycles. The van der Waals surface area contributed by atoms with Gasteiger partial charge in [-0.2, -0.15) is 0 Å². The molecule has 92 valence electrons. The van der Waals surface area contributed by atoms with Crippen molar-refractivity contribution in [3.05, 3.63) is 12.3 Å². The lowest BCUT2D eigenvalue weighted by atomic mass is 10.2. The first-order valence-electron chi connectivity index (χ1n) is 5.88. The summed E-state index contributed by atoms with van der Waals surface area (Å²) >= 11 is 0. The van der Waals surface area contributed by atoms with E-state index in [0.29, 0.717) is 5.96 Å². The van der Waals surface area contributed by atoms with Crippen molar-refractivity contribution in [3.8, 4) is 0 Å². The Morgan fingerprint density at radius 3 is 2.38 bits per heavy atom. The molecule has 1 atom stereocenters. The minimum atomic E-state index is 0.279. The fourth-order valence-electron chi connectivity index (χ4n) is 1.45. The van der Waals surface area contributed by atoms with E-state index in [1.54, 1.807) is 0 Å². The van der Waals surface area contributed by atoms with Crippen molar-refractivity contribution in [2.45, 2.75) is 46.6 Å². The highest BCUT2D eigenvalue weighted by molar-refractivity contribution is 5.94. The van der Waals surface area contributed by atoms with Crippen molar-refractivity contribution in [1.29, 1.82) is 0 Å². The number of rotatable bonds is 2. The maximum Gasteiger partial charge on any atom is 0.220 e. The highest BCUT2D eigenvalue weighted by Crippen LogP contribution is 2.13. The molecule has 1 fully saturated rings. The SMILES string of the molecule is C=C(N=C(N)N=C(C)C)C1CCCN1.CC. The molecular weight excluding hydrogens is 200 g/mol.